The lowest BCUT2D eigenvalue weighted by molar-refractivity contribution is -0.119. The number of carbonyl (C=O) groups is 1. The molecule has 0 aliphatic rings. The zero-order valence-corrected chi connectivity index (χ0v) is 13.0. The number of nitrogens with zero attached hydrogens (tertiary/aromatic N) is 1. The molecule has 6 heteroatoms. The highest BCUT2D eigenvalue weighted by Gasteiger charge is 2.18. The van der Waals surface area contributed by atoms with E-state index in [1.54, 1.807) is 39.2 Å². The van der Waals surface area contributed by atoms with E-state index < -0.39 is 6.10 Å². The predicted octanol–water partition coefficient (Wildman–Crippen LogP) is 0.947. The molecule has 1 atom stereocenters. The van der Waals surface area contributed by atoms with Gasteiger partial charge in [0.1, 0.15) is 5.75 Å². The minimum atomic E-state index is -0.685. The number of hydrogen-bond donors (Lipinski definition) is 2. The summed E-state index contributed by atoms with van der Waals surface area (Å²) in [6.45, 7) is 2.82. The molecule has 1 aromatic rings. The zero-order valence-electron chi connectivity index (χ0n) is 13.0. The van der Waals surface area contributed by atoms with Gasteiger partial charge in [-0.3, -0.25) is 4.79 Å². The van der Waals surface area contributed by atoms with Gasteiger partial charge < -0.3 is 24.8 Å². The molecule has 0 saturated heterocycles. The van der Waals surface area contributed by atoms with Gasteiger partial charge in [0.25, 0.3) is 0 Å². The molecule has 6 nitrogen and oxygen atoms in total. The molecule has 1 amide bonds. The Bertz CT molecular complexity index is 463. The fourth-order valence-electron chi connectivity index (χ4n) is 2.11. The number of aliphatic hydroxyl groups excluding tert-OH is 1. The second-order valence-corrected chi connectivity index (χ2v) is 4.77. The molecule has 0 aliphatic carbocycles. The lowest BCUT2D eigenvalue weighted by Gasteiger charge is -2.24. The van der Waals surface area contributed by atoms with Crippen LogP contribution in [0.1, 0.15) is 18.6 Å². The van der Waals surface area contributed by atoms with Gasteiger partial charge in [-0.1, -0.05) is 6.07 Å². The molecule has 0 aliphatic heterocycles. The molecular formula is C15H24N2O4. The summed E-state index contributed by atoms with van der Waals surface area (Å²) < 4.78 is 10.2. The standard InChI is InChI=1S/C15H24N2O4/c1-11(18)15-12(6-5-7-13(15)21-4)17(2)10-14(19)16-8-9-20-3/h5-7,11,18H,8-10H2,1-4H3,(H,16,19). The Morgan fingerprint density at radius 2 is 2.14 bits per heavy atom. The van der Waals surface area contributed by atoms with Crippen molar-refractivity contribution in [3.8, 4) is 5.75 Å². The number of likely N-dealkylation sites (N-methyl/N-ethyl adjacent to an activating group) is 1. The number of benzene rings is 1. The van der Waals surface area contributed by atoms with Crippen LogP contribution in [0.2, 0.25) is 0 Å². The maximum absolute atomic E-state index is 11.8. The van der Waals surface area contributed by atoms with Crippen LogP contribution in [-0.4, -0.2) is 52.0 Å². The first-order chi connectivity index (χ1) is 10.0. The average molecular weight is 296 g/mol. The van der Waals surface area contributed by atoms with E-state index >= 15 is 0 Å². The number of aliphatic hydroxyl groups is 1. The predicted molar refractivity (Wildman–Crippen MR) is 81.8 cm³/mol. The number of ether oxygens (including phenoxy) is 2. The normalized spacial score (nSPS) is 11.9. The van der Waals surface area contributed by atoms with Crippen LogP contribution in [0.3, 0.4) is 0 Å². The summed E-state index contributed by atoms with van der Waals surface area (Å²) in [7, 11) is 4.95. The Kier molecular flexibility index (Phi) is 6.98. The highest BCUT2D eigenvalue weighted by atomic mass is 16.5. The molecular weight excluding hydrogens is 272 g/mol. The monoisotopic (exact) mass is 296 g/mol. The van der Waals surface area contributed by atoms with Crippen molar-refractivity contribution in [2.24, 2.45) is 0 Å². The van der Waals surface area contributed by atoms with E-state index in [1.807, 2.05) is 12.1 Å². The molecule has 21 heavy (non-hydrogen) atoms. The quantitative estimate of drug-likeness (QED) is 0.699. The smallest absolute Gasteiger partial charge is 0.239 e. The molecule has 0 aromatic heterocycles. The molecule has 0 bridgehead atoms. The summed E-state index contributed by atoms with van der Waals surface area (Å²) in [6.07, 6.45) is -0.685. The van der Waals surface area contributed by atoms with Gasteiger partial charge in [0, 0.05) is 32.0 Å². The number of nitrogens with one attached hydrogen (secondary N) is 1. The number of hydrogen-bond acceptors (Lipinski definition) is 5. The van der Waals surface area contributed by atoms with Crippen molar-refractivity contribution in [2.45, 2.75) is 13.0 Å². The third kappa shape index (κ3) is 4.91. The van der Waals surface area contributed by atoms with E-state index in [9.17, 15) is 9.90 Å². The third-order valence-corrected chi connectivity index (χ3v) is 3.10. The summed E-state index contributed by atoms with van der Waals surface area (Å²) >= 11 is 0. The fraction of sp³-hybridized carbons (Fsp3) is 0.533. The van der Waals surface area contributed by atoms with Gasteiger partial charge in [-0.15, -0.1) is 0 Å². The van der Waals surface area contributed by atoms with Crippen molar-refractivity contribution in [3.63, 3.8) is 0 Å². The van der Waals surface area contributed by atoms with Gasteiger partial charge in [-0.25, -0.2) is 0 Å². The summed E-state index contributed by atoms with van der Waals surface area (Å²) in [5.74, 6) is 0.503. The number of rotatable bonds is 8. The highest BCUT2D eigenvalue weighted by Crippen LogP contribution is 2.33. The summed E-state index contributed by atoms with van der Waals surface area (Å²) in [5, 5.41) is 12.7. The van der Waals surface area contributed by atoms with Gasteiger partial charge >= 0.3 is 0 Å². The molecule has 0 radical (unpaired) electrons. The lowest BCUT2D eigenvalue weighted by atomic mass is 10.1. The second kappa shape index (κ2) is 8.49. The summed E-state index contributed by atoms with van der Waals surface area (Å²) in [6, 6.07) is 5.48. The van der Waals surface area contributed by atoms with Gasteiger partial charge in [-0.05, 0) is 19.1 Å². The average Bonchev–Trinajstić information content (AvgIpc) is 2.46. The lowest BCUT2D eigenvalue weighted by Crippen LogP contribution is -2.37. The highest BCUT2D eigenvalue weighted by molar-refractivity contribution is 5.81. The van der Waals surface area contributed by atoms with Crippen LogP contribution in [0.5, 0.6) is 5.75 Å². The molecule has 0 spiro atoms. The van der Waals surface area contributed by atoms with Crippen molar-refractivity contribution in [2.75, 3.05) is 45.9 Å². The minimum absolute atomic E-state index is 0.103. The van der Waals surface area contributed by atoms with Crippen molar-refractivity contribution >= 4 is 11.6 Å². The van der Waals surface area contributed by atoms with E-state index in [0.29, 0.717) is 24.5 Å². The van der Waals surface area contributed by atoms with Gasteiger partial charge in [0.15, 0.2) is 0 Å². The van der Waals surface area contributed by atoms with Crippen LogP contribution >= 0.6 is 0 Å². The van der Waals surface area contributed by atoms with Crippen LogP contribution < -0.4 is 15.0 Å². The van der Waals surface area contributed by atoms with Gasteiger partial charge in [0.05, 0.1) is 26.4 Å². The van der Waals surface area contributed by atoms with Crippen molar-refractivity contribution < 1.29 is 19.4 Å². The number of carbonyl (C=O) groups excluding carboxylic acids is 1. The molecule has 1 unspecified atom stereocenters. The Morgan fingerprint density at radius 3 is 2.71 bits per heavy atom. The van der Waals surface area contributed by atoms with Crippen LogP contribution in [0.25, 0.3) is 0 Å². The molecule has 1 rings (SSSR count). The Morgan fingerprint density at radius 1 is 1.43 bits per heavy atom. The molecule has 0 heterocycles. The second-order valence-electron chi connectivity index (χ2n) is 4.77. The zero-order chi connectivity index (χ0) is 15.8. The topological polar surface area (TPSA) is 71.0 Å². The van der Waals surface area contributed by atoms with E-state index in [-0.39, 0.29) is 12.5 Å². The molecule has 0 fully saturated rings. The first-order valence-electron chi connectivity index (χ1n) is 6.83. The summed E-state index contributed by atoms with van der Waals surface area (Å²) in [4.78, 5) is 13.6. The number of methoxy groups -OCH3 is 2. The van der Waals surface area contributed by atoms with Crippen LogP contribution in [-0.2, 0) is 9.53 Å². The van der Waals surface area contributed by atoms with Crippen molar-refractivity contribution in [1.29, 1.82) is 0 Å². The van der Waals surface area contributed by atoms with Crippen LogP contribution in [0.4, 0.5) is 5.69 Å². The van der Waals surface area contributed by atoms with Crippen LogP contribution in [0, 0.1) is 0 Å². The Labute approximate surface area is 125 Å². The van der Waals surface area contributed by atoms with E-state index in [1.165, 1.54) is 0 Å². The minimum Gasteiger partial charge on any atom is -0.496 e. The number of anilines is 1. The number of amides is 1. The molecule has 2 N–H and O–H groups in total. The molecule has 0 saturated carbocycles. The van der Waals surface area contributed by atoms with E-state index in [4.69, 9.17) is 9.47 Å². The Hall–Kier alpha value is -1.79. The van der Waals surface area contributed by atoms with Crippen molar-refractivity contribution in [3.05, 3.63) is 23.8 Å². The first kappa shape index (κ1) is 17.3. The molecule has 1 aromatic carbocycles. The maximum atomic E-state index is 11.8. The summed E-state index contributed by atoms with van der Waals surface area (Å²) in [5.41, 5.74) is 1.44. The van der Waals surface area contributed by atoms with E-state index in [0.717, 1.165) is 5.69 Å². The fourth-order valence-corrected chi connectivity index (χ4v) is 2.11. The van der Waals surface area contributed by atoms with Crippen molar-refractivity contribution in [1.82, 2.24) is 5.32 Å². The first-order valence-corrected chi connectivity index (χ1v) is 6.83. The maximum Gasteiger partial charge on any atom is 0.239 e. The SMILES string of the molecule is COCCNC(=O)CN(C)c1cccc(OC)c1C(C)O. The largest absolute Gasteiger partial charge is 0.496 e. The van der Waals surface area contributed by atoms with Crippen LogP contribution in [0.15, 0.2) is 18.2 Å². The Balaban J connectivity index is 2.82. The van der Waals surface area contributed by atoms with Gasteiger partial charge in [0.2, 0.25) is 5.91 Å². The van der Waals surface area contributed by atoms with E-state index in [2.05, 4.69) is 5.32 Å². The van der Waals surface area contributed by atoms with Gasteiger partial charge in [-0.2, -0.15) is 0 Å². The third-order valence-electron chi connectivity index (χ3n) is 3.10. The molecule has 118 valence electrons.